The molecular weight excluding hydrogens is 444 g/mol. The van der Waals surface area contributed by atoms with Gasteiger partial charge in [-0.05, 0) is 116 Å². The maximum Gasteiger partial charge on any atom is 0.0432 e. The summed E-state index contributed by atoms with van der Waals surface area (Å²) in [5.41, 5.74) is 22.8. The van der Waals surface area contributed by atoms with Crippen LogP contribution in [-0.2, 0) is 0 Å². The lowest BCUT2D eigenvalue weighted by Crippen LogP contribution is -2.50. The Morgan fingerprint density at radius 3 is 1.70 bits per heavy atom. The fourth-order valence-corrected chi connectivity index (χ4v) is 10.2. The van der Waals surface area contributed by atoms with Crippen molar-refractivity contribution in [3.8, 4) is 0 Å². The van der Waals surface area contributed by atoms with E-state index in [1.165, 1.54) is 22.3 Å². The first-order valence-electron chi connectivity index (χ1n) is 14.5. The zero-order chi connectivity index (χ0) is 26.6. The first kappa shape index (κ1) is 22.6. The van der Waals surface area contributed by atoms with Gasteiger partial charge in [0.1, 0.15) is 0 Å². The average molecular weight is 487 g/mol. The summed E-state index contributed by atoms with van der Waals surface area (Å²) in [6, 6.07) is 0. The highest BCUT2D eigenvalue weighted by Gasteiger charge is 2.73. The van der Waals surface area contributed by atoms with Crippen molar-refractivity contribution in [2.45, 2.75) is 83.1 Å². The molecule has 0 N–H and O–H groups in total. The van der Waals surface area contributed by atoms with Crippen LogP contribution in [-0.4, -0.2) is 0 Å². The molecule has 190 valence electrons. The first-order chi connectivity index (χ1) is 17.1. The average Bonchev–Trinajstić information content (AvgIpc) is 3.33. The number of hydrogen-bond donors (Lipinski definition) is 0. The molecule has 1 fully saturated rings. The van der Waals surface area contributed by atoms with E-state index in [2.05, 4.69) is 107 Å². The van der Waals surface area contributed by atoms with Crippen molar-refractivity contribution in [1.82, 2.24) is 0 Å². The van der Waals surface area contributed by atoms with Crippen molar-refractivity contribution in [3.63, 3.8) is 0 Å². The van der Waals surface area contributed by atoms with Gasteiger partial charge in [-0.1, -0.05) is 90.8 Å². The number of hydrogen-bond acceptors (Lipinski definition) is 0. The van der Waals surface area contributed by atoms with Gasteiger partial charge in [-0.15, -0.1) is 0 Å². The van der Waals surface area contributed by atoms with Gasteiger partial charge in [0.2, 0.25) is 0 Å². The standard InChI is InChI=1S/C37H42/c1-17-19(3)23-14-25-31-27(35(9,10)33(25,5)6)16-28-32-26(34(7,8)36(28,11)12)15-24-20(4)18(2)22-13-21(17)29(23)37(31,32)30(22)24/h13-16,29,32H,1-12H3/t29?,32-,37?/m1/s1. The van der Waals surface area contributed by atoms with E-state index >= 15 is 0 Å². The molecule has 37 heavy (non-hydrogen) atoms. The Balaban J connectivity index is 1.66. The third kappa shape index (κ3) is 1.83. The molecule has 0 amide bonds. The van der Waals surface area contributed by atoms with Crippen LogP contribution in [0.4, 0.5) is 0 Å². The normalized spacial score (nSPS) is 37.7. The highest BCUT2D eigenvalue weighted by Crippen LogP contribution is 2.83. The van der Waals surface area contributed by atoms with Crippen molar-refractivity contribution >= 4 is 0 Å². The third-order valence-electron chi connectivity index (χ3n) is 14.0. The quantitative estimate of drug-likeness (QED) is 0.320. The fraction of sp³-hybridized carbons (Fsp3) is 0.514. The summed E-state index contributed by atoms with van der Waals surface area (Å²) in [6.45, 7) is 29.9. The van der Waals surface area contributed by atoms with E-state index in [-0.39, 0.29) is 27.1 Å². The van der Waals surface area contributed by atoms with Gasteiger partial charge in [0.05, 0.1) is 0 Å². The van der Waals surface area contributed by atoms with E-state index in [4.69, 9.17) is 0 Å². The molecule has 0 saturated heterocycles. The Morgan fingerprint density at radius 2 is 1.08 bits per heavy atom. The highest BCUT2D eigenvalue weighted by molar-refractivity contribution is 5.85. The van der Waals surface area contributed by atoms with Gasteiger partial charge in [0.15, 0.2) is 0 Å². The molecule has 0 aromatic carbocycles. The van der Waals surface area contributed by atoms with Crippen molar-refractivity contribution in [2.24, 2.45) is 38.9 Å². The molecular formula is C37H42. The van der Waals surface area contributed by atoms with Crippen molar-refractivity contribution in [1.29, 1.82) is 0 Å². The molecule has 0 radical (unpaired) electrons. The molecule has 1 spiro atoms. The number of allylic oxidation sites excluding steroid dienone is 18. The van der Waals surface area contributed by atoms with Gasteiger partial charge in [-0.25, -0.2) is 0 Å². The SMILES string of the molecule is CC1=C(C)C2=C3C1=CC1=C(C)C(C)=C4C=C5C6=C(C=C7[C@@H](C(=C2)C(C)(C)C7(C)C)C36C14)C(C)(C)C5(C)C. The van der Waals surface area contributed by atoms with Crippen molar-refractivity contribution < 1.29 is 0 Å². The topological polar surface area (TPSA) is 0 Å². The molecule has 0 heteroatoms. The molecule has 0 aromatic rings. The van der Waals surface area contributed by atoms with Crippen LogP contribution in [0.5, 0.6) is 0 Å². The smallest absolute Gasteiger partial charge is 0.0432 e. The zero-order valence-electron chi connectivity index (χ0n) is 25.0. The molecule has 0 aromatic heterocycles. The molecule has 8 aliphatic carbocycles. The van der Waals surface area contributed by atoms with Gasteiger partial charge < -0.3 is 0 Å². The lowest BCUT2D eigenvalue weighted by atomic mass is 9.44. The second-order valence-corrected chi connectivity index (χ2v) is 15.5. The van der Waals surface area contributed by atoms with Gasteiger partial charge >= 0.3 is 0 Å². The van der Waals surface area contributed by atoms with Crippen LogP contribution in [0.2, 0.25) is 0 Å². The second-order valence-electron chi connectivity index (χ2n) is 15.5. The zero-order valence-corrected chi connectivity index (χ0v) is 25.0. The third-order valence-corrected chi connectivity index (χ3v) is 14.0. The summed E-state index contributed by atoms with van der Waals surface area (Å²) in [6.07, 6.45) is 10.7. The molecule has 0 nitrogen and oxygen atoms in total. The molecule has 0 bridgehead atoms. The van der Waals surface area contributed by atoms with Crippen LogP contribution >= 0.6 is 0 Å². The summed E-state index contributed by atoms with van der Waals surface area (Å²) >= 11 is 0. The van der Waals surface area contributed by atoms with Gasteiger partial charge in [0, 0.05) is 17.3 Å². The molecule has 8 rings (SSSR count). The van der Waals surface area contributed by atoms with Crippen LogP contribution in [0, 0.1) is 38.9 Å². The number of rotatable bonds is 0. The van der Waals surface area contributed by atoms with Crippen molar-refractivity contribution in [3.05, 3.63) is 102 Å². The Hall–Kier alpha value is -2.34. The van der Waals surface area contributed by atoms with E-state index in [1.54, 1.807) is 55.7 Å². The Morgan fingerprint density at radius 1 is 0.514 bits per heavy atom. The fourth-order valence-electron chi connectivity index (χ4n) is 10.2. The Bertz CT molecular complexity index is 1630. The van der Waals surface area contributed by atoms with E-state index in [9.17, 15) is 0 Å². The Kier molecular flexibility index (Phi) is 3.46. The largest absolute Gasteiger partial charge is 0.0577 e. The lowest BCUT2D eigenvalue weighted by molar-refractivity contribution is 0.219. The lowest BCUT2D eigenvalue weighted by Gasteiger charge is -2.58. The summed E-state index contributed by atoms with van der Waals surface area (Å²) in [5.74, 6) is 0.875. The highest BCUT2D eigenvalue weighted by atomic mass is 14.8. The van der Waals surface area contributed by atoms with Gasteiger partial charge in [-0.2, -0.15) is 0 Å². The first-order valence-corrected chi connectivity index (χ1v) is 14.5. The van der Waals surface area contributed by atoms with Crippen LogP contribution in [0.25, 0.3) is 0 Å². The summed E-state index contributed by atoms with van der Waals surface area (Å²) in [7, 11) is 0. The minimum Gasteiger partial charge on any atom is -0.0577 e. The van der Waals surface area contributed by atoms with E-state index < -0.39 is 0 Å². The van der Waals surface area contributed by atoms with Crippen LogP contribution in [0.3, 0.4) is 0 Å². The minimum absolute atomic E-state index is 0.0220. The van der Waals surface area contributed by atoms with Crippen molar-refractivity contribution in [2.75, 3.05) is 0 Å². The molecule has 2 unspecified atom stereocenters. The monoisotopic (exact) mass is 486 g/mol. The van der Waals surface area contributed by atoms with Crippen LogP contribution in [0.15, 0.2) is 102 Å². The molecule has 0 heterocycles. The molecule has 0 aliphatic heterocycles. The van der Waals surface area contributed by atoms with Crippen LogP contribution < -0.4 is 0 Å². The predicted molar refractivity (Wildman–Crippen MR) is 155 cm³/mol. The van der Waals surface area contributed by atoms with Gasteiger partial charge in [0.25, 0.3) is 0 Å². The molecule has 8 aliphatic rings. The van der Waals surface area contributed by atoms with Gasteiger partial charge in [-0.3, -0.25) is 0 Å². The summed E-state index contributed by atoms with van der Waals surface area (Å²) < 4.78 is 0. The molecule has 1 saturated carbocycles. The summed E-state index contributed by atoms with van der Waals surface area (Å²) in [5, 5.41) is 0. The molecule has 3 atom stereocenters. The summed E-state index contributed by atoms with van der Waals surface area (Å²) in [4.78, 5) is 0. The van der Waals surface area contributed by atoms with E-state index in [0.717, 1.165) is 0 Å². The Labute approximate surface area is 224 Å². The predicted octanol–water partition coefficient (Wildman–Crippen LogP) is 9.69. The maximum atomic E-state index is 2.73. The van der Waals surface area contributed by atoms with E-state index in [1.807, 2.05) is 0 Å². The maximum absolute atomic E-state index is 2.73. The van der Waals surface area contributed by atoms with E-state index in [0.29, 0.717) is 11.8 Å². The van der Waals surface area contributed by atoms with Crippen LogP contribution in [0.1, 0.15) is 83.1 Å². The minimum atomic E-state index is -0.0220. The second kappa shape index (κ2) is 5.66.